The van der Waals surface area contributed by atoms with Crippen LogP contribution in [0.25, 0.3) is 16.6 Å². The number of aromatic nitrogens is 5. The second kappa shape index (κ2) is 5.09. The van der Waals surface area contributed by atoms with Crippen LogP contribution in [0.2, 0.25) is 0 Å². The molecule has 1 aromatic carbocycles. The van der Waals surface area contributed by atoms with E-state index in [1.807, 2.05) is 0 Å². The summed E-state index contributed by atoms with van der Waals surface area (Å²) < 4.78 is 6.89. The van der Waals surface area contributed by atoms with Crippen LogP contribution in [0.4, 0.5) is 5.69 Å². The molecule has 0 aliphatic carbocycles. The number of carbonyl (C=O) groups excluding carboxylic acids is 1. The van der Waals surface area contributed by atoms with Crippen LogP contribution in [0.1, 0.15) is 10.4 Å². The van der Waals surface area contributed by atoms with E-state index in [1.54, 1.807) is 47.5 Å². The fourth-order valence-electron chi connectivity index (χ4n) is 2.42. The van der Waals surface area contributed by atoms with Gasteiger partial charge in [0.2, 0.25) is 0 Å². The van der Waals surface area contributed by atoms with Crippen molar-refractivity contribution in [3.05, 3.63) is 48.5 Å². The topological polar surface area (TPSA) is 97.2 Å². The summed E-state index contributed by atoms with van der Waals surface area (Å²) in [5, 5.41) is 14.6. The summed E-state index contributed by atoms with van der Waals surface area (Å²) in [6.07, 6.45) is 6.69. The van der Waals surface area contributed by atoms with Crippen molar-refractivity contribution in [2.45, 2.75) is 0 Å². The summed E-state index contributed by atoms with van der Waals surface area (Å²) in [6, 6.07) is 5.21. The fraction of sp³-hybridized carbons (Fsp3) is 0.0667. The predicted molar refractivity (Wildman–Crippen MR) is 83.6 cm³/mol. The maximum Gasteiger partial charge on any atom is 0.259 e. The number of aromatic amines is 1. The Balaban J connectivity index is 1.74. The number of nitrogens with one attached hydrogen (secondary N) is 2. The Hall–Kier alpha value is -3.42. The Kier molecular flexibility index (Phi) is 2.94. The lowest BCUT2D eigenvalue weighted by molar-refractivity contribution is 0.102. The molecule has 8 heteroatoms. The van der Waals surface area contributed by atoms with E-state index in [1.165, 1.54) is 7.11 Å². The number of rotatable bonds is 3. The van der Waals surface area contributed by atoms with Crippen molar-refractivity contribution in [2.24, 2.45) is 0 Å². The Bertz CT molecular complexity index is 1020. The molecule has 1 amide bonds. The zero-order valence-corrected chi connectivity index (χ0v) is 12.1. The second-order valence-electron chi connectivity index (χ2n) is 4.90. The molecule has 4 aromatic rings. The van der Waals surface area contributed by atoms with E-state index in [0.29, 0.717) is 22.6 Å². The molecule has 0 radical (unpaired) electrons. The van der Waals surface area contributed by atoms with Crippen LogP contribution >= 0.6 is 0 Å². The minimum atomic E-state index is -0.300. The smallest absolute Gasteiger partial charge is 0.259 e. The van der Waals surface area contributed by atoms with Crippen LogP contribution < -0.4 is 10.1 Å². The maximum atomic E-state index is 12.6. The molecule has 0 saturated carbocycles. The van der Waals surface area contributed by atoms with E-state index in [-0.39, 0.29) is 5.91 Å². The third-order valence-corrected chi connectivity index (χ3v) is 3.53. The summed E-state index contributed by atoms with van der Waals surface area (Å²) in [5.74, 6) is 0.150. The monoisotopic (exact) mass is 308 g/mol. The minimum Gasteiger partial charge on any atom is -0.496 e. The standard InChI is InChI=1S/C15H12N6O2/c1-23-13-6-11-9(7-17-20-11)5-10(13)15(22)19-12-8-18-21-4-2-3-16-14(12)21/h2-8H,1H3,(H,17,20)(H,19,22). The first-order valence-corrected chi connectivity index (χ1v) is 6.87. The van der Waals surface area contributed by atoms with Crippen molar-refractivity contribution in [3.63, 3.8) is 0 Å². The molecule has 2 N–H and O–H groups in total. The number of methoxy groups -OCH3 is 1. The second-order valence-corrected chi connectivity index (χ2v) is 4.90. The summed E-state index contributed by atoms with van der Waals surface area (Å²) in [7, 11) is 1.52. The van der Waals surface area contributed by atoms with Gasteiger partial charge < -0.3 is 10.1 Å². The zero-order valence-electron chi connectivity index (χ0n) is 12.1. The Morgan fingerprint density at radius 3 is 3.17 bits per heavy atom. The number of anilines is 1. The van der Waals surface area contributed by atoms with Gasteiger partial charge in [0.1, 0.15) is 11.4 Å². The van der Waals surface area contributed by atoms with Gasteiger partial charge in [-0.1, -0.05) is 0 Å². The van der Waals surface area contributed by atoms with E-state index in [2.05, 4.69) is 25.6 Å². The summed E-state index contributed by atoms with van der Waals surface area (Å²) in [5.41, 5.74) is 2.25. The highest BCUT2D eigenvalue weighted by Crippen LogP contribution is 2.26. The van der Waals surface area contributed by atoms with Crippen molar-refractivity contribution in [3.8, 4) is 5.75 Å². The van der Waals surface area contributed by atoms with Gasteiger partial charge in [0.05, 0.1) is 24.4 Å². The Morgan fingerprint density at radius 2 is 2.30 bits per heavy atom. The molecule has 0 aliphatic rings. The predicted octanol–water partition coefficient (Wildman–Crippen LogP) is 1.87. The molecule has 3 heterocycles. The Morgan fingerprint density at radius 1 is 1.39 bits per heavy atom. The van der Waals surface area contributed by atoms with E-state index >= 15 is 0 Å². The van der Waals surface area contributed by atoms with Crippen molar-refractivity contribution in [1.82, 2.24) is 24.8 Å². The van der Waals surface area contributed by atoms with Crippen LogP contribution in [0.5, 0.6) is 5.75 Å². The largest absolute Gasteiger partial charge is 0.496 e. The van der Waals surface area contributed by atoms with Gasteiger partial charge in [-0.25, -0.2) is 9.50 Å². The molecule has 4 rings (SSSR count). The first-order valence-electron chi connectivity index (χ1n) is 6.87. The van der Waals surface area contributed by atoms with Crippen LogP contribution in [-0.2, 0) is 0 Å². The molecule has 0 unspecified atom stereocenters. The van der Waals surface area contributed by atoms with Crippen LogP contribution in [0.15, 0.2) is 43.0 Å². The van der Waals surface area contributed by atoms with Gasteiger partial charge in [-0.3, -0.25) is 9.89 Å². The molecular formula is C15H12N6O2. The maximum absolute atomic E-state index is 12.6. The highest BCUT2D eigenvalue weighted by atomic mass is 16.5. The first-order chi connectivity index (χ1) is 11.3. The SMILES string of the molecule is COc1cc2n[nH]cc2cc1C(=O)Nc1cnn2cccnc12. The van der Waals surface area contributed by atoms with E-state index in [0.717, 1.165) is 10.9 Å². The molecule has 0 spiro atoms. The third-order valence-electron chi connectivity index (χ3n) is 3.53. The number of ether oxygens (including phenoxy) is 1. The van der Waals surface area contributed by atoms with Crippen molar-refractivity contribution < 1.29 is 9.53 Å². The van der Waals surface area contributed by atoms with E-state index < -0.39 is 0 Å². The summed E-state index contributed by atoms with van der Waals surface area (Å²) in [4.78, 5) is 16.8. The molecule has 0 saturated heterocycles. The minimum absolute atomic E-state index is 0.300. The molecule has 3 aromatic heterocycles. The number of benzene rings is 1. The molecule has 23 heavy (non-hydrogen) atoms. The van der Waals surface area contributed by atoms with Gasteiger partial charge in [-0.2, -0.15) is 10.2 Å². The number of amides is 1. The normalized spacial score (nSPS) is 11.0. The molecule has 0 aliphatic heterocycles. The molecule has 0 bridgehead atoms. The van der Waals surface area contributed by atoms with Crippen LogP contribution in [0.3, 0.4) is 0 Å². The fourth-order valence-corrected chi connectivity index (χ4v) is 2.42. The zero-order chi connectivity index (χ0) is 15.8. The van der Waals surface area contributed by atoms with Crippen molar-refractivity contribution >= 4 is 28.1 Å². The van der Waals surface area contributed by atoms with Gasteiger partial charge in [-0.05, 0) is 12.1 Å². The lowest BCUT2D eigenvalue weighted by atomic mass is 10.1. The van der Waals surface area contributed by atoms with Gasteiger partial charge in [0, 0.05) is 30.0 Å². The number of H-pyrrole nitrogens is 1. The van der Waals surface area contributed by atoms with Gasteiger partial charge in [-0.15, -0.1) is 0 Å². The molecular weight excluding hydrogens is 296 g/mol. The first kappa shape index (κ1) is 13.3. The van der Waals surface area contributed by atoms with Crippen molar-refractivity contribution in [1.29, 1.82) is 0 Å². The number of fused-ring (bicyclic) bond motifs is 2. The lowest BCUT2D eigenvalue weighted by Crippen LogP contribution is -2.13. The molecule has 8 nitrogen and oxygen atoms in total. The highest BCUT2D eigenvalue weighted by molar-refractivity contribution is 6.09. The number of nitrogens with zero attached hydrogens (tertiary/aromatic N) is 4. The van der Waals surface area contributed by atoms with Crippen molar-refractivity contribution in [2.75, 3.05) is 12.4 Å². The number of hydrogen-bond acceptors (Lipinski definition) is 5. The summed E-state index contributed by atoms with van der Waals surface area (Å²) in [6.45, 7) is 0. The molecule has 0 fully saturated rings. The van der Waals surface area contributed by atoms with Crippen LogP contribution in [-0.4, -0.2) is 37.8 Å². The third kappa shape index (κ3) is 2.16. The molecule has 0 atom stereocenters. The van der Waals surface area contributed by atoms with Gasteiger partial charge in [0.25, 0.3) is 5.91 Å². The number of hydrogen-bond donors (Lipinski definition) is 2. The highest BCUT2D eigenvalue weighted by Gasteiger charge is 2.17. The Labute approximate surface area is 130 Å². The number of carbonyl (C=O) groups is 1. The van der Waals surface area contributed by atoms with E-state index in [4.69, 9.17) is 4.74 Å². The van der Waals surface area contributed by atoms with E-state index in [9.17, 15) is 4.79 Å². The average molecular weight is 308 g/mol. The van der Waals surface area contributed by atoms with Gasteiger partial charge >= 0.3 is 0 Å². The molecule has 114 valence electrons. The summed E-state index contributed by atoms with van der Waals surface area (Å²) >= 11 is 0. The van der Waals surface area contributed by atoms with Gasteiger partial charge in [0.15, 0.2) is 5.65 Å². The van der Waals surface area contributed by atoms with Crippen LogP contribution in [0, 0.1) is 0 Å². The average Bonchev–Trinajstić information content (AvgIpc) is 3.20. The lowest BCUT2D eigenvalue weighted by Gasteiger charge is -2.08. The quantitative estimate of drug-likeness (QED) is 0.602.